The van der Waals surface area contributed by atoms with E-state index in [0.29, 0.717) is 5.41 Å². The topological polar surface area (TPSA) is 39.7 Å². The molecule has 0 aromatic heterocycles. The van der Waals surface area contributed by atoms with Gasteiger partial charge in [0.2, 0.25) is 0 Å². The number of aliphatic imine (C=N–C) groups is 1. The summed E-state index contributed by atoms with van der Waals surface area (Å²) in [4.78, 5) is 7.45. The Kier molecular flexibility index (Phi) is 9.82. The van der Waals surface area contributed by atoms with Crippen LogP contribution in [0.5, 0.6) is 0 Å². The zero-order chi connectivity index (χ0) is 15.8. The van der Waals surface area contributed by atoms with Gasteiger partial charge in [-0.1, -0.05) is 20.3 Å². The molecule has 0 radical (unpaired) electrons. The second kappa shape index (κ2) is 10.7. The minimum atomic E-state index is 0. The first kappa shape index (κ1) is 21.0. The molecule has 1 aliphatic carbocycles. The molecule has 1 unspecified atom stereocenters. The molecule has 4 nitrogen and oxygen atoms in total. The minimum absolute atomic E-state index is 0. The number of halogens is 1. The maximum atomic E-state index is 4.88. The SMILES string of the molecule is CCNC(=NCC1(CC)CCC1)NCC1CCCN(CC)C1.I. The Morgan fingerprint density at radius 3 is 2.52 bits per heavy atom. The Balaban J connectivity index is 0.00000264. The van der Waals surface area contributed by atoms with Crippen LogP contribution in [-0.4, -0.2) is 50.1 Å². The average molecular weight is 436 g/mol. The van der Waals surface area contributed by atoms with E-state index in [2.05, 4.69) is 36.3 Å². The fourth-order valence-corrected chi connectivity index (χ4v) is 3.73. The van der Waals surface area contributed by atoms with Gasteiger partial charge in [0.25, 0.3) is 0 Å². The lowest BCUT2D eigenvalue weighted by molar-refractivity contribution is 0.139. The standard InChI is InChI=1S/C18H36N4.HI/c1-4-18(10-8-11-18)15-21-17(19-5-2)20-13-16-9-7-12-22(6-3)14-16;/h16H,4-15H2,1-3H3,(H2,19,20,21);1H. The summed E-state index contributed by atoms with van der Waals surface area (Å²) < 4.78 is 0. The molecule has 2 N–H and O–H groups in total. The van der Waals surface area contributed by atoms with Gasteiger partial charge in [-0.05, 0) is 63.5 Å². The number of rotatable bonds is 7. The minimum Gasteiger partial charge on any atom is -0.357 e. The maximum Gasteiger partial charge on any atom is 0.191 e. The molecule has 2 fully saturated rings. The van der Waals surface area contributed by atoms with Crippen LogP contribution in [-0.2, 0) is 0 Å². The molecule has 0 aromatic carbocycles. The van der Waals surface area contributed by atoms with E-state index in [1.807, 2.05) is 0 Å². The van der Waals surface area contributed by atoms with Gasteiger partial charge in [0, 0.05) is 26.2 Å². The van der Waals surface area contributed by atoms with Crippen LogP contribution in [0.1, 0.15) is 59.3 Å². The van der Waals surface area contributed by atoms with Crippen LogP contribution in [0.25, 0.3) is 0 Å². The van der Waals surface area contributed by atoms with E-state index in [1.165, 1.54) is 58.2 Å². The number of guanidine groups is 1. The summed E-state index contributed by atoms with van der Waals surface area (Å²) in [6.45, 7) is 13.4. The molecule has 1 heterocycles. The molecule has 0 spiro atoms. The van der Waals surface area contributed by atoms with Crippen LogP contribution in [0.2, 0.25) is 0 Å². The zero-order valence-electron chi connectivity index (χ0n) is 15.4. The lowest BCUT2D eigenvalue weighted by Crippen LogP contribution is -2.45. The van der Waals surface area contributed by atoms with Crippen molar-refractivity contribution < 1.29 is 0 Å². The van der Waals surface area contributed by atoms with E-state index < -0.39 is 0 Å². The molecule has 0 aromatic rings. The van der Waals surface area contributed by atoms with Gasteiger partial charge in [0.1, 0.15) is 0 Å². The Bertz CT molecular complexity index is 349. The molecule has 1 saturated heterocycles. The number of likely N-dealkylation sites (tertiary alicyclic amines) is 1. The smallest absolute Gasteiger partial charge is 0.191 e. The van der Waals surface area contributed by atoms with Crippen molar-refractivity contribution in [3.63, 3.8) is 0 Å². The summed E-state index contributed by atoms with van der Waals surface area (Å²) >= 11 is 0. The lowest BCUT2D eigenvalue weighted by atomic mass is 9.67. The third kappa shape index (κ3) is 6.40. The van der Waals surface area contributed by atoms with Crippen molar-refractivity contribution in [1.82, 2.24) is 15.5 Å². The fraction of sp³-hybridized carbons (Fsp3) is 0.944. The fourth-order valence-electron chi connectivity index (χ4n) is 3.73. The molecule has 136 valence electrons. The van der Waals surface area contributed by atoms with Crippen molar-refractivity contribution in [3.05, 3.63) is 0 Å². The van der Waals surface area contributed by atoms with Crippen molar-refractivity contribution in [1.29, 1.82) is 0 Å². The molecule has 2 aliphatic rings. The van der Waals surface area contributed by atoms with Gasteiger partial charge >= 0.3 is 0 Å². The predicted octanol–water partition coefficient (Wildman–Crippen LogP) is 3.47. The van der Waals surface area contributed by atoms with E-state index >= 15 is 0 Å². The van der Waals surface area contributed by atoms with Crippen LogP contribution < -0.4 is 10.6 Å². The highest BCUT2D eigenvalue weighted by Crippen LogP contribution is 2.43. The van der Waals surface area contributed by atoms with Gasteiger partial charge in [0.05, 0.1) is 0 Å². The molecule has 23 heavy (non-hydrogen) atoms. The van der Waals surface area contributed by atoms with Crippen LogP contribution in [0.4, 0.5) is 0 Å². The number of hydrogen-bond donors (Lipinski definition) is 2. The Hall–Kier alpha value is -0.0400. The molecule has 0 amide bonds. The summed E-state index contributed by atoms with van der Waals surface area (Å²) in [6, 6.07) is 0. The molecular weight excluding hydrogens is 399 g/mol. The third-order valence-corrected chi connectivity index (χ3v) is 5.69. The maximum absolute atomic E-state index is 4.88. The van der Waals surface area contributed by atoms with E-state index in [0.717, 1.165) is 31.5 Å². The Labute approximate surface area is 160 Å². The van der Waals surface area contributed by atoms with Gasteiger partial charge in [-0.15, -0.1) is 24.0 Å². The highest BCUT2D eigenvalue weighted by atomic mass is 127. The van der Waals surface area contributed by atoms with E-state index in [-0.39, 0.29) is 24.0 Å². The van der Waals surface area contributed by atoms with Gasteiger partial charge in [-0.25, -0.2) is 0 Å². The molecule has 2 rings (SSSR count). The summed E-state index contributed by atoms with van der Waals surface area (Å²) in [5.41, 5.74) is 0.506. The van der Waals surface area contributed by atoms with Crippen LogP contribution >= 0.6 is 24.0 Å². The molecule has 1 aliphatic heterocycles. The summed E-state index contributed by atoms with van der Waals surface area (Å²) in [6.07, 6.45) is 8.07. The van der Waals surface area contributed by atoms with E-state index in [1.54, 1.807) is 0 Å². The van der Waals surface area contributed by atoms with Gasteiger partial charge in [-0.2, -0.15) is 0 Å². The van der Waals surface area contributed by atoms with Gasteiger partial charge < -0.3 is 15.5 Å². The number of nitrogens with zero attached hydrogens (tertiary/aromatic N) is 2. The number of nitrogens with one attached hydrogen (secondary N) is 2. The molecule has 1 saturated carbocycles. The van der Waals surface area contributed by atoms with Crippen molar-refractivity contribution in [3.8, 4) is 0 Å². The molecule has 5 heteroatoms. The van der Waals surface area contributed by atoms with Gasteiger partial charge in [-0.3, -0.25) is 4.99 Å². The van der Waals surface area contributed by atoms with Crippen LogP contribution in [0.15, 0.2) is 4.99 Å². The van der Waals surface area contributed by atoms with Gasteiger partial charge in [0.15, 0.2) is 5.96 Å². The first-order valence-electron chi connectivity index (χ1n) is 9.46. The Morgan fingerprint density at radius 2 is 1.96 bits per heavy atom. The second-order valence-corrected chi connectivity index (χ2v) is 7.18. The van der Waals surface area contributed by atoms with Crippen molar-refractivity contribution in [2.75, 3.05) is 39.3 Å². The lowest BCUT2D eigenvalue weighted by Gasteiger charge is -2.40. The Morgan fingerprint density at radius 1 is 1.17 bits per heavy atom. The first-order chi connectivity index (χ1) is 10.7. The third-order valence-electron chi connectivity index (χ3n) is 5.69. The molecule has 1 atom stereocenters. The summed E-state index contributed by atoms with van der Waals surface area (Å²) in [7, 11) is 0. The first-order valence-corrected chi connectivity index (χ1v) is 9.46. The van der Waals surface area contributed by atoms with Crippen molar-refractivity contribution in [2.45, 2.75) is 59.3 Å². The second-order valence-electron chi connectivity index (χ2n) is 7.18. The van der Waals surface area contributed by atoms with E-state index in [4.69, 9.17) is 4.99 Å². The quantitative estimate of drug-likeness (QED) is 0.365. The molecular formula is C18H37IN4. The van der Waals surface area contributed by atoms with E-state index in [9.17, 15) is 0 Å². The summed E-state index contributed by atoms with van der Waals surface area (Å²) in [5.74, 6) is 1.79. The zero-order valence-corrected chi connectivity index (χ0v) is 17.7. The highest BCUT2D eigenvalue weighted by molar-refractivity contribution is 14.0. The number of hydrogen-bond acceptors (Lipinski definition) is 2. The van der Waals surface area contributed by atoms with Crippen molar-refractivity contribution >= 4 is 29.9 Å². The average Bonchev–Trinajstić information content (AvgIpc) is 2.52. The normalized spacial score (nSPS) is 24.5. The number of piperidine rings is 1. The predicted molar refractivity (Wildman–Crippen MR) is 111 cm³/mol. The molecule has 0 bridgehead atoms. The largest absolute Gasteiger partial charge is 0.357 e. The monoisotopic (exact) mass is 436 g/mol. The summed E-state index contributed by atoms with van der Waals surface area (Å²) in [5, 5.41) is 7.01. The van der Waals surface area contributed by atoms with Crippen LogP contribution in [0.3, 0.4) is 0 Å². The highest BCUT2D eigenvalue weighted by Gasteiger charge is 2.34. The van der Waals surface area contributed by atoms with Crippen LogP contribution in [0, 0.1) is 11.3 Å². The van der Waals surface area contributed by atoms with Crippen molar-refractivity contribution in [2.24, 2.45) is 16.3 Å².